The van der Waals surface area contributed by atoms with Gasteiger partial charge in [-0.15, -0.1) is 11.3 Å². The van der Waals surface area contributed by atoms with Crippen molar-refractivity contribution in [3.63, 3.8) is 0 Å². The Kier molecular flexibility index (Phi) is 11.3. The van der Waals surface area contributed by atoms with Crippen molar-refractivity contribution in [1.29, 1.82) is 0 Å². The Morgan fingerprint density at radius 3 is 2.14 bits per heavy atom. The van der Waals surface area contributed by atoms with Gasteiger partial charge in [0.05, 0.1) is 7.57 Å². The van der Waals surface area contributed by atoms with Crippen LogP contribution in [0.1, 0.15) is 83.2 Å². The molecule has 0 radical (unpaired) electrons. The van der Waals surface area contributed by atoms with Crippen molar-refractivity contribution < 1.29 is 0 Å². The van der Waals surface area contributed by atoms with E-state index in [1.54, 1.807) is 11.3 Å². The van der Waals surface area contributed by atoms with E-state index in [-0.39, 0.29) is 0 Å². The van der Waals surface area contributed by atoms with E-state index in [0.29, 0.717) is 6.04 Å². The van der Waals surface area contributed by atoms with Crippen molar-refractivity contribution >= 4 is 43.2 Å². The SMILES string of the molecule is CCCCCCCCCCC(NCC)c1cc(Br)sc1Br. The largest absolute Gasteiger partial charge is 0.310 e. The third-order valence-electron chi connectivity index (χ3n) is 3.86. The number of unbranched alkanes of at least 4 members (excludes halogenated alkanes) is 7. The Morgan fingerprint density at radius 2 is 1.62 bits per heavy atom. The first-order valence-corrected chi connectivity index (χ1v) is 10.8. The standard InChI is InChI=1S/C17H29Br2NS/c1-3-5-6-7-8-9-10-11-12-15(20-4-2)14-13-16(18)21-17(14)19/h13,15,20H,3-12H2,1-2H3. The van der Waals surface area contributed by atoms with Crippen LogP contribution in [0.2, 0.25) is 0 Å². The van der Waals surface area contributed by atoms with Crippen molar-refractivity contribution in [3.05, 3.63) is 19.2 Å². The fourth-order valence-electron chi connectivity index (χ4n) is 2.69. The lowest BCUT2D eigenvalue weighted by atomic mass is 10.0. The van der Waals surface area contributed by atoms with Gasteiger partial charge in [0.1, 0.15) is 0 Å². The van der Waals surface area contributed by atoms with Crippen molar-refractivity contribution in [2.24, 2.45) is 0 Å². The maximum absolute atomic E-state index is 3.69. The highest BCUT2D eigenvalue weighted by Crippen LogP contribution is 2.37. The number of halogens is 2. The van der Waals surface area contributed by atoms with Crippen LogP contribution in [0, 0.1) is 0 Å². The minimum atomic E-state index is 0.493. The molecule has 1 atom stereocenters. The Balaban J connectivity index is 2.24. The summed E-state index contributed by atoms with van der Waals surface area (Å²) in [6.07, 6.45) is 12.3. The number of nitrogens with one attached hydrogen (secondary N) is 1. The molecule has 122 valence electrons. The predicted molar refractivity (Wildman–Crippen MR) is 103 cm³/mol. The molecule has 1 unspecified atom stereocenters. The second-order valence-electron chi connectivity index (χ2n) is 5.65. The van der Waals surface area contributed by atoms with Crippen LogP contribution in [-0.4, -0.2) is 6.54 Å². The molecule has 0 aliphatic heterocycles. The number of rotatable bonds is 12. The van der Waals surface area contributed by atoms with Gasteiger partial charge in [0.25, 0.3) is 0 Å². The highest BCUT2D eigenvalue weighted by Gasteiger charge is 2.15. The lowest BCUT2D eigenvalue weighted by Gasteiger charge is -2.17. The Bertz CT molecular complexity index is 379. The molecule has 0 amide bonds. The van der Waals surface area contributed by atoms with Gasteiger partial charge < -0.3 is 5.32 Å². The summed E-state index contributed by atoms with van der Waals surface area (Å²) < 4.78 is 2.48. The van der Waals surface area contributed by atoms with Gasteiger partial charge >= 0.3 is 0 Å². The van der Waals surface area contributed by atoms with E-state index in [4.69, 9.17) is 0 Å². The average molecular weight is 439 g/mol. The third kappa shape index (κ3) is 8.15. The fourth-order valence-corrected chi connectivity index (χ4v) is 5.66. The van der Waals surface area contributed by atoms with Crippen LogP contribution in [0.15, 0.2) is 13.6 Å². The van der Waals surface area contributed by atoms with E-state index >= 15 is 0 Å². The molecule has 0 bridgehead atoms. The van der Waals surface area contributed by atoms with Crippen molar-refractivity contribution in [3.8, 4) is 0 Å². The van der Waals surface area contributed by atoms with E-state index in [2.05, 4.69) is 57.1 Å². The van der Waals surface area contributed by atoms with Crippen LogP contribution in [0.4, 0.5) is 0 Å². The molecule has 0 spiro atoms. The Morgan fingerprint density at radius 1 is 1.00 bits per heavy atom. The highest BCUT2D eigenvalue weighted by molar-refractivity contribution is 9.12. The van der Waals surface area contributed by atoms with E-state index in [1.165, 1.54) is 70.9 Å². The topological polar surface area (TPSA) is 12.0 Å². The number of thiophene rings is 1. The molecule has 21 heavy (non-hydrogen) atoms. The smallest absolute Gasteiger partial charge is 0.0758 e. The van der Waals surface area contributed by atoms with Gasteiger partial charge in [0, 0.05) is 6.04 Å². The van der Waals surface area contributed by atoms with Gasteiger partial charge in [-0.3, -0.25) is 0 Å². The lowest BCUT2D eigenvalue weighted by molar-refractivity contribution is 0.475. The Hall–Kier alpha value is 0.620. The first-order chi connectivity index (χ1) is 10.2. The summed E-state index contributed by atoms with van der Waals surface area (Å²) in [5, 5.41) is 3.63. The van der Waals surface area contributed by atoms with Gasteiger partial charge in [-0.2, -0.15) is 0 Å². The fraction of sp³-hybridized carbons (Fsp3) is 0.765. The summed E-state index contributed by atoms with van der Waals surface area (Å²) in [7, 11) is 0. The van der Waals surface area contributed by atoms with Crippen LogP contribution in [0.25, 0.3) is 0 Å². The van der Waals surface area contributed by atoms with Crippen molar-refractivity contribution in [1.82, 2.24) is 5.32 Å². The molecular weight excluding hydrogens is 410 g/mol. The highest BCUT2D eigenvalue weighted by atomic mass is 79.9. The maximum Gasteiger partial charge on any atom is 0.0758 e. The van der Waals surface area contributed by atoms with Gasteiger partial charge in [-0.1, -0.05) is 65.2 Å². The monoisotopic (exact) mass is 437 g/mol. The van der Waals surface area contributed by atoms with Crippen LogP contribution in [0.3, 0.4) is 0 Å². The number of hydrogen-bond acceptors (Lipinski definition) is 2. The Labute approximate surface area is 151 Å². The van der Waals surface area contributed by atoms with Gasteiger partial charge in [0.15, 0.2) is 0 Å². The van der Waals surface area contributed by atoms with Crippen molar-refractivity contribution in [2.45, 2.75) is 77.7 Å². The number of hydrogen-bond donors (Lipinski definition) is 1. The minimum Gasteiger partial charge on any atom is -0.310 e. The van der Waals surface area contributed by atoms with Crippen LogP contribution in [-0.2, 0) is 0 Å². The summed E-state index contributed by atoms with van der Waals surface area (Å²) in [5.41, 5.74) is 1.41. The lowest BCUT2D eigenvalue weighted by Crippen LogP contribution is -2.20. The third-order valence-corrected chi connectivity index (χ3v) is 6.24. The summed E-state index contributed by atoms with van der Waals surface area (Å²) >= 11 is 9.05. The molecule has 1 N–H and O–H groups in total. The molecule has 4 heteroatoms. The van der Waals surface area contributed by atoms with E-state index in [9.17, 15) is 0 Å². The van der Waals surface area contributed by atoms with E-state index in [0.717, 1.165) is 6.54 Å². The zero-order valence-electron chi connectivity index (χ0n) is 13.4. The molecule has 0 saturated carbocycles. The summed E-state index contributed by atoms with van der Waals surface area (Å²) in [5.74, 6) is 0. The zero-order chi connectivity index (χ0) is 15.5. The van der Waals surface area contributed by atoms with Crippen molar-refractivity contribution in [2.75, 3.05) is 6.54 Å². The molecule has 1 rings (SSSR count). The second-order valence-corrected chi connectivity index (χ2v) is 9.40. The predicted octanol–water partition coefficient (Wildman–Crippen LogP) is 7.45. The quantitative estimate of drug-likeness (QED) is 0.334. The molecule has 1 aromatic rings. The second kappa shape index (κ2) is 12.1. The maximum atomic E-state index is 3.69. The molecule has 0 fully saturated rings. The summed E-state index contributed by atoms with van der Waals surface area (Å²) in [6.45, 7) is 5.50. The normalized spacial score (nSPS) is 12.8. The molecule has 0 saturated heterocycles. The van der Waals surface area contributed by atoms with Crippen LogP contribution < -0.4 is 5.32 Å². The minimum absolute atomic E-state index is 0.493. The van der Waals surface area contributed by atoms with Gasteiger partial charge in [0.2, 0.25) is 0 Å². The molecule has 0 aromatic carbocycles. The molecule has 1 heterocycles. The van der Waals surface area contributed by atoms with E-state index in [1.807, 2.05) is 0 Å². The average Bonchev–Trinajstić information content (AvgIpc) is 2.79. The van der Waals surface area contributed by atoms with Crippen LogP contribution >= 0.6 is 43.2 Å². The molecule has 1 aromatic heterocycles. The molecular formula is C17H29Br2NS. The van der Waals surface area contributed by atoms with E-state index < -0.39 is 0 Å². The van der Waals surface area contributed by atoms with Gasteiger partial charge in [-0.05, 0) is 56.5 Å². The first-order valence-electron chi connectivity index (χ1n) is 8.37. The molecule has 0 aliphatic rings. The van der Waals surface area contributed by atoms with Crippen LogP contribution in [0.5, 0.6) is 0 Å². The summed E-state index contributed by atoms with van der Waals surface area (Å²) in [6, 6.07) is 2.75. The molecule has 0 aliphatic carbocycles. The first kappa shape index (κ1) is 19.7. The molecule has 1 nitrogen and oxygen atoms in total. The summed E-state index contributed by atoms with van der Waals surface area (Å²) in [4.78, 5) is 0. The van der Waals surface area contributed by atoms with Gasteiger partial charge in [-0.25, -0.2) is 0 Å². The zero-order valence-corrected chi connectivity index (χ0v) is 17.4.